The first-order valence-electron chi connectivity index (χ1n) is 5.24. The summed E-state index contributed by atoms with van der Waals surface area (Å²) in [5.74, 6) is 0.213. The van der Waals surface area contributed by atoms with Gasteiger partial charge in [0, 0.05) is 5.57 Å². The highest BCUT2D eigenvalue weighted by Crippen LogP contribution is 2.42. The molecule has 0 radical (unpaired) electrons. The fourth-order valence-corrected chi connectivity index (χ4v) is 2.21. The van der Waals surface area contributed by atoms with Crippen LogP contribution in [0.1, 0.15) is 47.5 Å². The number of allylic oxidation sites excluding steroid dienone is 4. The van der Waals surface area contributed by atoms with Crippen LogP contribution in [0.25, 0.3) is 0 Å². The predicted molar refractivity (Wildman–Crippen MR) is 60.2 cm³/mol. The Labute approximate surface area is 86.9 Å². The van der Waals surface area contributed by atoms with Crippen LogP contribution < -0.4 is 0 Å². The van der Waals surface area contributed by atoms with Crippen LogP contribution in [0.3, 0.4) is 0 Å². The zero-order valence-electron chi connectivity index (χ0n) is 9.90. The number of ketones is 1. The number of carbonyl (C=O) groups excluding carboxylic acids is 1. The topological polar surface area (TPSA) is 17.1 Å². The van der Waals surface area contributed by atoms with Crippen molar-refractivity contribution in [3.8, 4) is 0 Å². The van der Waals surface area contributed by atoms with E-state index in [2.05, 4.69) is 20.8 Å². The van der Waals surface area contributed by atoms with Gasteiger partial charge >= 0.3 is 0 Å². The molecule has 0 amide bonds. The van der Waals surface area contributed by atoms with Gasteiger partial charge in [0.2, 0.25) is 0 Å². The van der Waals surface area contributed by atoms with Gasteiger partial charge in [-0.25, -0.2) is 0 Å². The molecule has 14 heavy (non-hydrogen) atoms. The molecule has 0 saturated heterocycles. The van der Waals surface area contributed by atoms with E-state index >= 15 is 0 Å². The summed E-state index contributed by atoms with van der Waals surface area (Å²) in [5, 5.41) is 0. The van der Waals surface area contributed by atoms with Gasteiger partial charge < -0.3 is 0 Å². The lowest BCUT2D eigenvalue weighted by Gasteiger charge is -2.20. The van der Waals surface area contributed by atoms with E-state index in [4.69, 9.17) is 0 Å². The van der Waals surface area contributed by atoms with Crippen molar-refractivity contribution in [2.24, 2.45) is 5.41 Å². The van der Waals surface area contributed by atoms with Crippen molar-refractivity contribution in [2.45, 2.75) is 47.5 Å². The van der Waals surface area contributed by atoms with Gasteiger partial charge in [0.1, 0.15) is 0 Å². The van der Waals surface area contributed by atoms with Crippen molar-refractivity contribution in [3.63, 3.8) is 0 Å². The summed E-state index contributed by atoms with van der Waals surface area (Å²) >= 11 is 0. The lowest BCUT2D eigenvalue weighted by molar-refractivity contribution is -0.112. The molecule has 1 aliphatic carbocycles. The zero-order valence-corrected chi connectivity index (χ0v) is 9.90. The third-order valence-corrected chi connectivity index (χ3v) is 2.89. The normalized spacial score (nSPS) is 19.8. The minimum Gasteiger partial charge on any atom is -0.290 e. The summed E-state index contributed by atoms with van der Waals surface area (Å²) < 4.78 is 0. The quantitative estimate of drug-likeness (QED) is 0.610. The van der Waals surface area contributed by atoms with E-state index in [0.29, 0.717) is 0 Å². The summed E-state index contributed by atoms with van der Waals surface area (Å²) in [7, 11) is 0. The molecule has 0 saturated carbocycles. The molecule has 0 aliphatic heterocycles. The first-order valence-corrected chi connectivity index (χ1v) is 5.24. The number of rotatable bonds is 2. The number of hydrogen-bond donors (Lipinski definition) is 0. The first-order chi connectivity index (χ1) is 6.34. The molecule has 0 N–H and O–H groups in total. The second-order valence-corrected chi connectivity index (χ2v) is 5.13. The Kier molecular flexibility index (Phi) is 2.98. The predicted octanol–water partition coefficient (Wildman–Crippen LogP) is 3.66. The van der Waals surface area contributed by atoms with Crippen molar-refractivity contribution in [2.75, 3.05) is 0 Å². The van der Waals surface area contributed by atoms with Gasteiger partial charge in [0.15, 0.2) is 5.78 Å². The van der Waals surface area contributed by atoms with Gasteiger partial charge in [-0.05, 0) is 45.1 Å². The van der Waals surface area contributed by atoms with Crippen LogP contribution in [0.4, 0.5) is 0 Å². The van der Waals surface area contributed by atoms with Gasteiger partial charge in [0.05, 0.1) is 0 Å². The molecule has 1 aliphatic rings. The second kappa shape index (κ2) is 3.72. The van der Waals surface area contributed by atoms with E-state index in [1.165, 1.54) is 5.57 Å². The highest BCUT2D eigenvalue weighted by Gasteiger charge is 2.33. The lowest BCUT2D eigenvalue weighted by atomic mass is 9.83. The van der Waals surface area contributed by atoms with Gasteiger partial charge in [-0.3, -0.25) is 4.79 Å². The maximum absolute atomic E-state index is 11.9. The van der Waals surface area contributed by atoms with Crippen molar-refractivity contribution in [1.29, 1.82) is 0 Å². The lowest BCUT2D eigenvalue weighted by Crippen LogP contribution is -2.16. The van der Waals surface area contributed by atoms with Gasteiger partial charge in [-0.2, -0.15) is 0 Å². The zero-order chi connectivity index (χ0) is 10.9. The third-order valence-electron chi connectivity index (χ3n) is 2.89. The largest absolute Gasteiger partial charge is 0.290 e. The van der Waals surface area contributed by atoms with Gasteiger partial charge in [-0.15, -0.1) is 0 Å². The van der Waals surface area contributed by atoms with Gasteiger partial charge in [-0.1, -0.05) is 25.0 Å². The summed E-state index contributed by atoms with van der Waals surface area (Å²) in [6, 6.07) is 0. The number of carbonyl (C=O) groups is 1. The van der Waals surface area contributed by atoms with E-state index in [0.717, 1.165) is 24.0 Å². The van der Waals surface area contributed by atoms with E-state index < -0.39 is 0 Å². The molecule has 0 heterocycles. The second-order valence-electron chi connectivity index (χ2n) is 5.13. The molecule has 0 atom stereocenters. The molecule has 0 spiro atoms. The molecule has 78 valence electrons. The third kappa shape index (κ3) is 2.14. The Balaban J connectivity index is 3.03. The highest BCUT2D eigenvalue weighted by molar-refractivity contribution is 6.06. The average Bonchev–Trinajstić information content (AvgIpc) is 2.24. The Morgan fingerprint density at radius 3 is 2.29 bits per heavy atom. The molecule has 0 aromatic rings. The number of hydrogen-bond acceptors (Lipinski definition) is 1. The molecule has 0 aromatic carbocycles. The average molecular weight is 192 g/mol. The molecule has 1 rings (SSSR count). The molecule has 0 unspecified atom stereocenters. The van der Waals surface area contributed by atoms with Crippen molar-refractivity contribution in [1.82, 2.24) is 0 Å². The summed E-state index contributed by atoms with van der Waals surface area (Å²) in [6.07, 6.45) is 3.94. The Hall–Kier alpha value is -0.850. The van der Waals surface area contributed by atoms with E-state index in [9.17, 15) is 4.79 Å². The van der Waals surface area contributed by atoms with Crippen LogP contribution in [0, 0.1) is 5.41 Å². The molecule has 1 heteroatoms. The molecule has 1 nitrogen and oxygen atoms in total. The van der Waals surface area contributed by atoms with Crippen molar-refractivity contribution in [3.05, 3.63) is 22.8 Å². The summed E-state index contributed by atoms with van der Waals surface area (Å²) in [6.45, 7) is 10.3. The summed E-state index contributed by atoms with van der Waals surface area (Å²) in [4.78, 5) is 11.9. The fourth-order valence-electron chi connectivity index (χ4n) is 2.21. The summed E-state index contributed by atoms with van der Waals surface area (Å²) in [5.41, 5.74) is 3.47. The maximum atomic E-state index is 11.9. The monoisotopic (exact) mass is 192 g/mol. The smallest absolute Gasteiger partial charge is 0.182 e. The minimum atomic E-state index is 0.0765. The fraction of sp³-hybridized carbons (Fsp3) is 0.615. The maximum Gasteiger partial charge on any atom is 0.182 e. The van der Waals surface area contributed by atoms with E-state index in [1.54, 1.807) is 6.08 Å². The molecule has 0 bridgehead atoms. The standard InChI is InChI=1S/C13H20O/c1-9(2)8-11(14)12-10(3)6-7-13(12,4)5/h8H,6-7H2,1-5H3. The first kappa shape index (κ1) is 11.2. The Morgan fingerprint density at radius 2 is 1.93 bits per heavy atom. The van der Waals surface area contributed by atoms with E-state index in [-0.39, 0.29) is 11.2 Å². The van der Waals surface area contributed by atoms with Crippen LogP contribution in [0.2, 0.25) is 0 Å². The van der Waals surface area contributed by atoms with Gasteiger partial charge in [0.25, 0.3) is 0 Å². The van der Waals surface area contributed by atoms with Crippen LogP contribution in [-0.2, 0) is 4.79 Å². The molecule has 0 aromatic heterocycles. The molecular formula is C13H20O. The Bertz CT molecular complexity index is 312. The minimum absolute atomic E-state index is 0.0765. The molecular weight excluding hydrogens is 172 g/mol. The van der Waals surface area contributed by atoms with Crippen molar-refractivity contribution < 1.29 is 4.79 Å². The van der Waals surface area contributed by atoms with Crippen LogP contribution in [0.5, 0.6) is 0 Å². The van der Waals surface area contributed by atoms with Crippen LogP contribution in [0.15, 0.2) is 22.8 Å². The SMILES string of the molecule is CC(C)=CC(=O)C1=C(C)CCC1(C)C. The highest BCUT2D eigenvalue weighted by atomic mass is 16.1. The van der Waals surface area contributed by atoms with E-state index in [1.807, 2.05) is 13.8 Å². The Morgan fingerprint density at radius 1 is 1.36 bits per heavy atom. The van der Waals surface area contributed by atoms with Crippen molar-refractivity contribution >= 4 is 5.78 Å². The van der Waals surface area contributed by atoms with Crippen LogP contribution in [-0.4, -0.2) is 5.78 Å². The van der Waals surface area contributed by atoms with Crippen LogP contribution >= 0.6 is 0 Å². The molecule has 0 fully saturated rings.